The highest BCUT2D eigenvalue weighted by atomic mass is 32.2. The number of rotatable bonds is 5. The first kappa shape index (κ1) is 14.8. The van der Waals surface area contributed by atoms with Crippen LogP contribution in [0.3, 0.4) is 0 Å². The number of carbonyl (C=O) groups excluding carboxylic acids is 1. The average molecular weight is 276 g/mol. The molecule has 1 heterocycles. The van der Waals surface area contributed by atoms with E-state index in [1.54, 1.807) is 6.92 Å². The molecule has 3 atom stereocenters. The average Bonchev–Trinajstić information content (AvgIpc) is 2.67. The summed E-state index contributed by atoms with van der Waals surface area (Å²) in [4.78, 5) is 34.7. The molecule has 0 bridgehead atoms. The Hall–Kier alpha value is -1.28. The summed E-state index contributed by atoms with van der Waals surface area (Å²) in [5, 5.41) is 17.4. The molecule has 1 fully saturated rings. The number of hydrogen-bond donors (Lipinski definition) is 3. The second-order valence-electron chi connectivity index (χ2n) is 4.07. The van der Waals surface area contributed by atoms with Crippen LogP contribution in [0.1, 0.15) is 19.8 Å². The number of thioether (sulfide) groups is 1. The van der Waals surface area contributed by atoms with Gasteiger partial charge < -0.3 is 20.8 Å². The Balaban J connectivity index is 2.59. The van der Waals surface area contributed by atoms with E-state index in [-0.39, 0.29) is 24.1 Å². The van der Waals surface area contributed by atoms with E-state index in [0.717, 1.165) is 0 Å². The van der Waals surface area contributed by atoms with E-state index < -0.39 is 24.0 Å². The van der Waals surface area contributed by atoms with Crippen LogP contribution < -0.4 is 5.73 Å². The van der Waals surface area contributed by atoms with Gasteiger partial charge in [0.15, 0.2) is 0 Å². The summed E-state index contributed by atoms with van der Waals surface area (Å²) in [5.41, 5.74) is 5.30. The summed E-state index contributed by atoms with van der Waals surface area (Å²) in [5.74, 6) is -2.21. The third kappa shape index (κ3) is 3.36. The van der Waals surface area contributed by atoms with Gasteiger partial charge in [-0.15, -0.1) is 11.8 Å². The molecule has 0 aliphatic carbocycles. The molecule has 7 nitrogen and oxygen atoms in total. The van der Waals surface area contributed by atoms with Gasteiger partial charge >= 0.3 is 11.9 Å². The normalized spacial score (nSPS) is 24.9. The molecule has 1 aliphatic heterocycles. The molecule has 1 amide bonds. The summed E-state index contributed by atoms with van der Waals surface area (Å²) in [6.07, 6.45) is -0.0451. The molecule has 0 aromatic heterocycles. The van der Waals surface area contributed by atoms with Crippen molar-refractivity contribution in [3.8, 4) is 0 Å². The molecule has 0 spiro atoms. The number of amides is 1. The number of carboxylic acid groups (broad SMARTS) is 2. The zero-order valence-electron chi connectivity index (χ0n) is 9.91. The molecule has 0 radical (unpaired) electrons. The van der Waals surface area contributed by atoms with Crippen LogP contribution in [0.2, 0.25) is 0 Å². The fourth-order valence-electron chi connectivity index (χ4n) is 1.74. The van der Waals surface area contributed by atoms with Crippen LogP contribution in [0.4, 0.5) is 0 Å². The summed E-state index contributed by atoms with van der Waals surface area (Å²) in [6.45, 7) is 1.75. The van der Waals surface area contributed by atoms with E-state index in [2.05, 4.69) is 0 Å². The molecule has 1 rings (SSSR count). The molecule has 1 unspecified atom stereocenters. The van der Waals surface area contributed by atoms with Crippen molar-refractivity contribution in [1.29, 1.82) is 0 Å². The molecular formula is C10H16N2O5S. The molecule has 1 saturated heterocycles. The molecule has 0 aromatic rings. The van der Waals surface area contributed by atoms with Crippen LogP contribution in [0.25, 0.3) is 0 Å². The highest BCUT2D eigenvalue weighted by Crippen LogP contribution is 2.29. The fourth-order valence-corrected chi connectivity index (χ4v) is 2.93. The maximum atomic E-state index is 11.9. The number of aliphatic carboxylic acids is 2. The van der Waals surface area contributed by atoms with Crippen molar-refractivity contribution in [3.05, 3.63) is 0 Å². The topological polar surface area (TPSA) is 121 Å². The van der Waals surface area contributed by atoms with Crippen molar-refractivity contribution in [3.63, 3.8) is 0 Å². The quantitative estimate of drug-likeness (QED) is 0.622. The lowest BCUT2D eigenvalue weighted by atomic mass is 10.1. The minimum atomic E-state index is -1.17. The first-order valence-electron chi connectivity index (χ1n) is 5.48. The van der Waals surface area contributed by atoms with Crippen molar-refractivity contribution in [2.45, 2.75) is 37.2 Å². The first-order chi connectivity index (χ1) is 8.34. The van der Waals surface area contributed by atoms with Crippen LogP contribution in [-0.2, 0) is 14.4 Å². The second kappa shape index (κ2) is 6.05. The molecule has 18 heavy (non-hydrogen) atoms. The van der Waals surface area contributed by atoms with Crippen molar-refractivity contribution >= 4 is 29.6 Å². The molecule has 0 aromatic carbocycles. The van der Waals surface area contributed by atoms with Gasteiger partial charge in [-0.1, -0.05) is 0 Å². The van der Waals surface area contributed by atoms with Gasteiger partial charge in [-0.2, -0.15) is 0 Å². The van der Waals surface area contributed by atoms with E-state index in [1.807, 2.05) is 0 Å². The minimum Gasteiger partial charge on any atom is -0.480 e. The van der Waals surface area contributed by atoms with Gasteiger partial charge in [0.2, 0.25) is 5.91 Å². The molecule has 102 valence electrons. The van der Waals surface area contributed by atoms with Crippen LogP contribution in [-0.4, -0.2) is 56.2 Å². The Bertz CT molecular complexity index is 362. The van der Waals surface area contributed by atoms with Crippen molar-refractivity contribution in [1.82, 2.24) is 4.90 Å². The Morgan fingerprint density at radius 2 is 2.06 bits per heavy atom. The number of nitrogens with two attached hydrogens (primary N) is 1. The Kier molecular flexibility index (Phi) is 4.97. The predicted octanol–water partition coefficient (Wildman–Crippen LogP) is -0.447. The van der Waals surface area contributed by atoms with E-state index in [4.69, 9.17) is 15.9 Å². The van der Waals surface area contributed by atoms with Crippen LogP contribution in [0.5, 0.6) is 0 Å². The monoisotopic (exact) mass is 276 g/mol. The number of carbonyl (C=O) groups is 3. The van der Waals surface area contributed by atoms with Gasteiger partial charge in [-0.25, -0.2) is 4.79 Å². The van der Waals surface area contributed by atoms with Crippen molar-refractivity contribution in [2.24, 2.45) is 5.73 Å². The zero-order chi connectivity index (χ0) is 13.9. The lowest BCUT2D eigenvalue weighted by Gasteiger charge is -2.25. The summed E-state index contributed by atoms with van der Waals surface area (Å²) >= 11 is 1.39. The lowest BCUT2D eigenvalue weighted by Crippen LogP contribution is -2.45. The van der Waals surface area contributed by atoms with Crippen molar-refractivity contribution < 1.29 is 24.6 Å². The maximum absolute atomic E-state index is 11.9. The molecule has 4 N–H and O–H groups in total. The Morgan fingerprint density at radius 3 is 2.56 bits per heavy atom. The third-order valence-electron chi connectivity index (χ3n) is 2.78. The SMILES string of the molecule is CC1SC[C@@H](C(=O)O)N1C(=O)CC[C@H](N)C(=O)O. The predicted molar refractivity (Wildman–Crippen MR) is 65.0 cm³/mol. The summed E-state index contributed by atoms with van der Waals surface area (Å²) < 4.78 is 0. The van der Waals surface area contributed by atoms with E-state index in [0.29, 0.717) is 5.75 Å². The van der Waals surface area contributed by atoms with Crippen LogP contribution >= 0.6 is 11.8 Å². The highest BCUT2D eigenvalue weighted by molar-refractivity contribution is 8.00. The van der Waals surface area contributed by atoms with Gasteiger partial charge in [0.25, 0.3) is 0 Å². The van der Waals surface area contributed by atoms with E-state index in [1.165, 1.54) is 16.7 Å². The lowest BCUT2D eigenvalue weighted by molar-refractivity contribution is -0.149. The van der Waals surface area contributed by atoms with Crippen LogP contribution in [0, 0.1) is 0 Å². The van der Waals surface area contributed by atoms with Gasteiger partial charge in [0, 0.05) is 12.2 Å². The minimum absolute atomic E-state index is 0.00833. The smallest absolute Gasteiger partial charge is 0.327 e. The van der Waals surface area contributed by atoms with Crippen LogP contribution in [0.15, 0.2) is 0 Å². The molecule has 8 heteroatoms. The van der Waals surface area contributed by atoms with Crippen molar-refractivity contribution in [2.75, 3.05) is 5.75 Å². The first-order valence-corrected chi connectivity index (χ1v) is 6.53. The summed E-state index contributed by atoms with van der Waals surface area (Å²) in [7, 11) is 0. The number of carboxylic acids is 2. The van der Waals surface area contributed by atoms with Gasteiger partial charge in [-0.3, -0.25) is 9.59 Å². The zero-order valence-corrected chi connectivity index (χ0v) is 10.7. The Labute approximate surface area is 108 Å². The molecule has 0 saturated carbocycles. The largest absolute Gasteiger partial charge is 0.480 e. The maximum Gasteiger partial charge on any atom is 0.327 e. The standard InChI is InChI=1S/C10H16N2O5S/c1-5-12(7(4-18-5)10(16)17)8(13)3-2-6(11)9(14)15/h5-7H,2-4,11H2,1H3,(H,14,15)(H,16,17)/t5?,6-,7-/m0/s1. The van der Waals surface area contributed by atoms with Gasteiger partial charge in [0.1, 0.15) is 12.1 Å². The number of nitrogens with zero attached hydrogens (tertiary/aromatic N) is 1. The van der Waals surface area contributed by atoms with E-state index >= 15 is 0 Å². The third-order valence-corrected chi connectivity index (χ3v) is 4.00. The molecule has 1 aliphatic rings. The molecular weight excluding hydrogens is 260 g/mol. The number of hydrogen-bond acceptors (Lipinski definition) is 5. The van der Waals surface area contributed by atoms with Gasteiger partial charge in [-0.05, 0) is 13.3 Å². The highest BCUT2D eigenvalue weighted by Gasteiger charge is 2.39. The summed E-state index contributed by atoms with van der Waals surface area (Å²) in [6, 6.07) is -1.93. The fraction of sp³-hybridized carbons (Fsp3) is 0.700. The van der Waals surface area contributed by atoms with E-state index in [9.17, 15) is 14.4 Å². The second-order valence-corrected chi connectivity index (χ2v) is 5.42. The van der Waals surface area contributed by atoms with Gasteiger partial charge in [0.05, 0.1) is 5.37 Å². The Morgan fingerprint density at radius 1 is 1.44 bits per heavy atom.